The Bertz CT molecular complexity index is 2960. The Balaban J connectivity index is 1.13. The lowest BCUT2D eigenvalue weighted by molar-refractivity contribution is 1.07. The number of para-hydroxylation sites is 2. The van der Waals surface area contributed by atoms with Gasteiger partial charge >= 0.3 is 0 Å². The number of nitrogens with zero attached hydrogens (tertiary/aromatic N) is 7. The van der Waals surface area contributed by atoms with E-state index in [1.807, 2.05) is 49.1 Å². The van der Waals surface area contributed by atoms with E-state index >= 15 is 0 Å². The van der Waals surface area contributed by atoms with Crippen LogP contribution in [0.5, 0.6) is 0 Å². The zero-order valence-electron chi connectivity index (χ0n) is 28.9. The lowest BCUT2D eigenvalue weighted by Crippen LogP contribution is -2.01. The van der Waals surface area contributed by atoms with Crippen molar-refractivity contribution >= 4 is 54.4 Å². The highest BCUT2D eigenvalue weighted by molar-refractivity contribution is 6.09. The molecule has 0 fully saturated rings. The molecule has 0 aliphatic heterocycles. The summed E-state index contributed by atoms with van der Waals surface area (Å²) in [6.07, 6.45) is 7.52. The molecule has 7 heterocycles. The molecule has 11 aromatic rings. The first-order valence-corrected chi connectivity index (χ1v) is 17.9. The normalized spacial score (nSPS) is 11.7. The van der Waals surface area contributed by atoms with Crippen molar-refractivity contribution in [3.05, 3.63) is 176 Å². The Kier molecular flexibility index (Phi) is 6.72. The summed E-state index contributed by atoms with van der Waals surface area (Å²) in [5.41, 5.74) is 9.46. The zero-order chi connectivity index (χ0) is 35.6. The van der Waals surface area contributed by atoms with Gasteiger partial charge in [0.05, 0.1) is 44.8 Å². The maximum atomic E-state index is 5.31. The summed E-state index contributed by atoms with van der Waals surface area (Å²) in [4.78, 5) is 24.8. The molecule has 4 aromatic carbocycles. The van der Waals surface area contributed by atoms with E-state index in [1.54, 1.807) is 0 Å². The van der Waals surface area contributed by atoms with Gasteiger partial charge in [-0.1, -0.05) is 91.0 Å². The summed E-state index contributed by atoms with van der Waals surface area (Å²) >= 11 is 0. The predicted octanol–water partition coefficient (Wildman–Crippen LogP) is 11.0. The van der Waals surface area contributed by atoms with Gasteiger partial charge in [-0.25, -0.2) is 15.0 Å². The van der Waals surface area contributed by atoms with Gasteiger partial charge in [0, 0.05) is 46.3 Å². The van der Waals surface area contributed by atoms with Crippen molar-refractivity contribution in [2.24, 2.45) is 0 Å². The number of rotatable bonds is 5. The molecule has 252 valence electrons. The van der Waals surface area contributed by atoms with Crippen molar-refractivity contribution in [2.45, 2.75) is 0 Å². The maximum Gasteiger partial charge on any atom is 0.138 e. The van der Waals surface area contributed by atoms with Crippen LogP contribution in [0, 0.1) is 0 Å². The van der Waals surface area contributed by atoms with Gasteiger partial charge in [-0.05, 0) is 82.6 Å². The van der Waals surface area contributed by atoms with Gasteiger partial charge in [0.25, 0.3) is 0 Å². The van der Waals surface area contributed by atoms with Crippen LogP contribution in [-0.2, 0) is 0 Å². The van der Waals surface area contributed by atoms with Gasteiger partial charge in [0.1, 0.15) is 11.6 Å². The number of hydrogen-bond acceptors (Lipinski definition) is 5. The second-order valence-corrected chi connectivity index (χ2v) is 13.4. The Hall–Kier alpha value is -7.51. The van der Waals surface area contributed by atoms with Gasteiger partial charge < -0.3 is 0 Å². The summed E-state index contributed by atoms with van der Waals surface area (Å²) in [7, 11) is 0. The minimum absolute atomic E-state index is 0.759. The lowest BCUT2D eigenvalue weighted by atomic mass is 9.97. The third-order valence-electron chi connectivity index (χ3n) is 10.3. The van der Waals surface area contributed by atoms with E-state index in [9.17, 15) is 0 Å². The van der Waals surface area contributed by atoms with E-state index in [-0.39, 0.29) is 0 Å². The third-order valence-corrected chi connectivity index (χ3v) is 10.3. The van der Waals surface area contributed by atoms with Crippen molar-refractivity contribution in [1.29, 1.82) is 0 Å². The largest absolute Gasteiger partial charge is 0.294 e. The summed E-state index contributed by atoms with van der Waals surface area (Å²) in [6.45, 7) is 0. The van der Waals surface area contributed by atoms with Crippen molar-refractivity contribution < 1.29 is 0 Å². The molecular weight excluding hydrogens is 663 g/mol. The van der Waals surface area contributed by atoms with Crippen molar-refractivity contribution in [1.82, 2.24) is 34.1 Å². The average Bonchev–Trinajstić information content (AvgIpc) is 3.77. The van der Waals surface area contributed by atoms with E-state index in [0.29, 0.717) is 0 Å². The van der Waals surface area contributed by atoms with Gasteiger partial charge in [0.2, 0.25) is 0 Å². The summed E-state index contributed by atoms with van der Waals surface area (Å²) < 4.78 is 4.41. The summed E-state index contributed by atoms with van der Waals surface area (Å²) in [6, 6.07) is 52.4. The number of fused-ring (bicyclic) bond motifs is 7. The summed E-state index contributed by atoms with van der Waals surface area (Å²) in [5, 5.41) is 6.79. The monoisotopic (exact) mass is 691 g/mol. The highest BCUT2D eigenvalue weighted by atomic mass is 15.1. The molecule has 7 aromatic heterocycles. The predicted molar refractivity (Wildman–Crippen MR) is 218 cm³/mol. The standard InChI is InChI=1S/C47H29N7/c1-2-12-32-30(10-1)11-7-15-33(32)31-26-40(38-16-8-20-46(51-38)53-42-18-5-3-13-34(42)36-28-48-24-22-44(36)53)50-41(27-31)39-17-9-21-47(52-39)54-43-19-6-4-14-35(43)37-29-49-25-23-45(37)54/h1-29H. The molecule has 0 bridgehead atoms. The minimum Gasteiger partial charge on any atom is -0.294 e. The maximum absolute atomic E-state index is 5.31. The Morgan fingerprint density at radius 3 is 1.43 bits per heavy atom. The molecule has 0 spiro atoms. The number of pyridine rings is 5. The number of aromatic nitrogens is 7. The van der Waals surface area contributed by atoms with Crippen molar-refractivity contribution in [3.8, 4) is 45.5 Å². The van der Waals surface area contributed by atoms with Crippen LogP contribution in [0.3, 0.4) is 0 Å². The fraction of sp³-hybridized carbons (Fsp3) is 0. The first-order valence-electron chi connectivity index (χ1n) is 17.9. The van der Waals surface area contributed by atoms with Gasteiger partial charge in [0.15, 0.2) is 0 Å². The molecule has 11 rings (SSSR count). The Morgan fingerprint density at radius 1 is 0.352 bits per heavy atom. The number of hydrogen-bond donors (Lipinski definition) is 0. The molecule has 0 N–H and O–H groups in total. The van der Waals surface area contributed by atoms with E-state index in [4.69, 9.17) is 15.0 Å². The van der Waals surface area contributed by atoms with Gasteiger partial charge in [-0.2, -0.15) is 0 Å². The third kappa shape index (κ3) is 4.72. The smallest absolute Gasteiger partial charge is 0.138 e. The Morgan fingerprint density at radius 2 is 0.833 bits per heavy atom. The molecule has 0 atom stereocenters. The molecular formula is C47H29N7. The fourth-order valence-corrected chi connectivity index (χ4v) is 7.93. The molecule has 0 saturated carbocycles. The highest BCUT2D eigenvalue weighted by Gasteiger charge is 2.18. The van der Waals surface area contributed by atoms with E-state index in [1.165, 1.54) is 10.8 Å². The molecule has 0 aliphatic carbocycles. The molecule has 0 radical (unpaired) electrons. The molecule has 0 aliphatic rings. The lowest BCUT2D eigenvalue weighted by Gasteiger charge is -2.14. The van der Waals surface area contributed by atoms with Crippen molar-refractivity contribution in [3.63, 3.8) is 0 Å². The highest BCUT2D eigenvalue weighted by Crippen LogP contribution is 2.36. The van der Waals surface area contributed by atoms with Crippen LogP contribution in [0.4, 0.5) is 0 Å². The minimum atomic E-state index is 0.759. The van der Waals surface area contributed by atoms with Crippen LogP contribution >= 0.6 is 0 Å². The van der Waals surface area contributed by atoms with Gasteiger partial charge in [-0.3, -0.25) is 19.1 Å². The molecule has 7 heteroatoms. The van der Waals surface area contributed by atoms with Crippen LogP contribution < -0.4 is 0 Å². The van der Waals surface area contributed by atoms with Gasteiger partial charge in [-0.15, -0.1) is 0 Å². The van der Waals surface area contributed by atoms with Crippen LogP contribution in [0.1, 0.15) is 0 Å². The topological polar surface area (TPSA) is 74.3 Å². The second-order valence-electron chi connectivity index (χ2n) is 13.4. The molecule has 0 amide bonds. The first-order chi connectivity index (χ1) is 26.8. The van der Waals surface area contributed by atoms with E-state index in [0.717, 1.165) is 89.2 Å². The number of benzene rings is 4. The molecule has 54 heavy (non-hydrogen) atoms. The molecule has 7 nitrogen and oxygen atoms in total. The average molecular weight is 692 g/mol. The second kappa shape index (κ2) is 12.0. The van der Waals surface area contributed by atoms with Crippen LogP contribution in [0.2, 0.25) is 0 Å². The summed E-state index contributed by atoms with van der Waals surface area (Å²) in [5.74, 6) is 1.62. The fourth-order valence-electron chi connectivity index (χ4n) is 7.93. The van der Waals surface area contributed by atoms with Crippen LogP contribution in [0.25, 0.3) is 99.9 Å². The van der Waals surface area contributed by atoms with Crippen LogP contribution in [0.15, 0.2) is 176 Å². The quantitative estimate of drug-likeness (QED) is 0.180. The van der Waals surface area contributed by atoms with Crippen molar-refractivity contribution in [2.75, 3.05) is 0 Å². The zero-order valence-corrected chi connectivity index (χ0v) is 28.9. The Labute approximate surface area is 309 Å². The first kappa shape index (κ1) is 30.1. The molecule has 0 saturated heterocycles. The molecule has 0 unspecified atom stereocenters. The van der Waals surface area contributed by atoms with E-state index in [2.05, 4.69) is 146 Å². The van der Waals surface area contributed by atoms with Crippen LogP contribution in [-0.4, -0.2) is 34.1 Å². The SMILES string of the molecule is c1cc(-c2cc(-c3cccc4ccccc34)cc(-c3cccc(-n4c5ccccc5c5cnccc54)n3)n2)nc(-n2c3ccccc3c3cnccc32)c1. The van der Waals surface area contributed by atoms with E-state index < -0.39 is 0 Å².